The van der Waals surface area contributed by atoms with Gasteiger partial charge >= 0.3 is 0 Å². The molecule has 0 unspecified atom stereocenters. The fourth-order valence-corrected chi connectivity index (χ4v) is 2.06. The molecule has 0 spiro atoms. The van der Waals surface area contributed by atoms with Crippen molar-refractivity contribution in [1.82, 2.24) is 9.80 Å². The smallest absolute Gasteiger partial charge is 0.241 e. The van der Waals surface area contributed by atoms with E-state index in [0.29, 0.717) is 6.54 Å². The van der Waals surface area contributed by atoms with Crippen molar-refractivity contribution in [1.29, 1.82) is 0 Å². The zero-order chi connectivity index (χ0) is 15.7. The molecule has 0 radical (unpaired) electrons. The summed E-state index contributed by atoms with van der Waals surface area (Å²) in [5.41, 5.74) is 1.18. The number of unbranched alkanes of at least 4 members (excludes halogenated alkanes) is 1. The standard InChI is InChI=1S/C17H26N2O2/c1-4-5-12-18(3)17(21)14-19(15(2)20)13-11-16-9-7-6-8-10-16/h6-10H,4-5,11-14H2,1-3H3. The van der Waals surface area contributed by atoms with E-state index in [4.69, 9.17) is 0 Å². The molecule has 0 fully saturated rings. The van der Waals surface area contributed by atoms with Crippen LogP contribution in [0.4, 0.5) is 0 Å². The van der Waals surface area contributed by atoms with Gasteiger partial charge in [0.1, 0.15) is 0 Å². The fraction of sp³-hybridized carbons (Fsp3) is 0.529. The molecular formula is C17H26N2O2. The first kappa shape index (κ1) is 17.2. The van der Waals surface area contributed by atoms with Crippen molar-refractivity contribution in [2.75, 3.05) is 26.7 Å². The largest absolute Gasteiger partial charge is 0.344 e. The minimum absolute atomic E-state index is 0.00621. The summed E-state index contributed by atoms with van der Waals surface area (Å²) in [4.78, 5) is 27.1. The Kier molecular flexibility index (Phi) is 7.51. The van der Waals surface area contributed by atoms with Gasteiger partial charge in [-0.05, 0) is 18.4 Å². The SMILES string of the molecule is CCCCN(C)C(=O)CN(CCc1ccccc1)C(C)=O. The first-order chi connectivity index (χ1) is 10.0. The molecule has 2 amide bonds. The monoisotopic (exact) mass is 290 g/mol. The predicted octanol–water partition coefficient (Wildman–Crippen LogP) is 2.34. The zero-order valence-corrected chi connectivity index (χ0v) is 13.3. The van der Waals surface area contributed by atoms with Gasteiger partial charge in [-0.3, -0.25) is 9.59 Å². The van der Waals surface area contributed by atoms with Gasteiger partial charge < -0.3 is 9.80 Å². The van der Waals surface area contributed by atoms with Gasteiger partial charge in [0.15, 0.2) is 0 Å². The first-order valence-electron chi connectivity index (χ1n) is 7.58. The van der Waals surface area contributed by atoms with E-state index in [2.05, 4.69) is 6.92 Å². The van der Waals surface area contributed by atoms with Gasteiger partial charge in [0.25, 0.3) is 0 Å². The summed E-state index contributed by atoms with van der Waals surface area (Å²) in [6, 6.07) is 10.0. The molecule has 4 nitrogen and oxygen atoms in total. The van der Waals surface area contributed by atoms with Gasteiger partial charge in [0, 0.05) is 27.1 Å². The molecule has 21 heavy (non-hydrogen) atoms. The Balaban J connectivity index is 2.50. The van der Waals surface area contributed by atoms with Crippen LogP contribution >= 0.6 is 0 Å². The van der Waals surface area contributed by atoms with E-state index in [9.17, 15) is 9.59 Å². The topological polar surface area (TPSA) is 40.6 Å². The van der Waals surface area contributed by atoms with Crippen molar-refractivity contribution < 1.29 is 9.59 Å². The molecule has 1 rings (SSSR count). The lowest BCUT2D eigenvalue weighted by Crippen LogP contribution is -2.41. The molecule has 0 atom stereocenters. The zero-order valence-electron chi connectivity index (χ0n) is 13.3. The van der Waals surface area contributed by atoms with Gasteiger partial charge in [-0.15, -0.1) is 0 Å². The maximum atomic E-state index is 12.1. The van der Waals surface area contributed by atoms with Crippen molar-refractivity contribution in [3.63, 3.8) is 0 Å². The van der Waals surface area contributed by atoms with E-state index in [-0.39, 0.29) is 18.4 Å². The molecule has 4 heteroatoms. The first-order valence-corrected chi connectivity index (χ1v) is 7.58. The average Bonchev–Trinajstić information content (AvgIpc) is 2.49. The highest BCUT2D eigenvalue weighted by Crippen LogP contribution is 2.03. The molecule has 0 saturated heterocycles. The van der Waals surface area contributed by atoms with E-state index in [1.54, 1.807) is 16.8 Å². The van der Waals surface area contributed by atoms with Crippen LogP contribution in [-0.2, 0) is 16.0 Å². The molecule has 0 N–H and O–H groups in total. The number of hydrogen-bond donors (Lipinski definition) is 0. The lowest BCUT2D eigenvalue weighted by atomic mass is 10.1. The molecule has 1 aromatic rings. The van der Waals surface area contributed by atoms with Crippen LogP contribution in [0.2, 0.25) is 0 Å². The van der Waals surface area contributed by atoms with E-state index >= 15 is 0 Å². The third kappa shape index (κ3) is 6.43. The number of carbonyl (C=O) groups is 2. The number of amides is 2. The summed E-state index contributed by atoms with van der Waals surface area (Å²) in [6.45, 7) is 5.11. The maximum absolute atomic E-state index is 12.1. The van der Waals surface area contributed by atoms with E-state index < -0.39 is 0 Å². The number of carbonyl (C=O) groups excluding carboxylic acids is 2. The Morgan fingerprint density at radius 1 is 1.10 bits per heavy atom. The molecule has 0 aliphatic heterocycles. The summed E-state index contributed by atoms with van der Waals surface area (Å²) in [5, 5.41) is 0. The summed E-state index contributed by atoms with van der Waals surface area (Å²) in [6.07, 6.45) is 2.82. The van der Waals surface area contributed by atoms with Gasteiger partial charge in [-0.1, -0.05) is 43.7 Å². The van der Waals surface area contributed by atoms with Gasteiger partial charge in [0.2, 0.25) is 11.8 Å². The number of rotatable bonds is 8. The molecule has 116 valence electrons. The molecule has 0 aliphatic carbocycles. The van der Waals surface area contributed by atoms with Crippen LogP contribution in [0.5, 0.6) is 0 Å². The lowest BCUT2D eigenvalue weighted by Gasteiger charge is -2.24. The van der Waals surface area contributed by atoms with Crippen LogP contribution in [0, 0.1) is 0 Å². The third-order valence-electron chi connectivity index (χ3n) is 3.56. The van der Waals surface area contributed by atoms with Crippen molar-refractivity contribution in [2.24, 2.45) is 0 Å². The van der Waals surface area contributed by atoms with E-state index in [1.165, 1.54) is 12.5 Å². The quantitative estimate of drug-likeness (QED) is 0.737. The van der Waals surface area contributed by atoms with Crippen LogP contribution in [0.3, 0.4) is 0 Å². The minimum Gasteiger partial charge on any atom is -0.344 e. The van der Waals surface area contributed by atoms with Crippen molar-refractivity contribution in [3.05, 3.63) is 35.9 Å². The Labute approximate surface area is 127 Å². The van der Waals surface area contributed by atoms with Crippen molar-refractivity contribution in [2.45, 2.75) is 33.1 Å². The molecule has 0 bridgehead atoms. The van der Waals surface area contributed by atoms with Crippen LogP contribution in [0.15, 0.2) is 30.3 Å². The van der Waals surface area contributed by atoms with Crippen LogP contribution in [0.25, 0.3) is 0 Å². The Morgan fingerprint density at radius 2 is 1.76 bits per heavy atom. The number of likely N-dealkylation sites (N-methyl/N-ethyl adjacent to an activating group) is 1. The van der Waals surface area contributed by atoms with Crippen LogP contribution in [0.1, 0.15) is 32.3 Å². The normalized spacial score (nSPS) is 10.2. The van der Waals surface area contributed by atoms with Crippen molar-refractivity contribution >= 4 is 11.8 Å². The highest BCUT2D eigenvalue weighted by atomic mass is 16.2. The van der Waals surface area contributed by atoms with Gasteiger partial charge in [-0.2, -0.15) is 0 Å². The number of benzene rings is 1. The summed E-state index contributed by atoms with van der Waals surface area (Å²) < 4.78 is 0. The van der Waals surface area contributed by atoms with Gasteiger partial charge in [0.05, 0.1) is 6.54 Å². The second-order valence-corrected chi connectivity index (χ2v) is 5.35. The fourth-order valence-electron chi connectivity index (χ4n) is 2.06. The van der Waals surface area contributed by atoms with E-state index in [0.717, 1.165) is 25.8 Å². The predicted molar refractivity (Wildman–Crippen MR) is 84.9 cm³/mol. The molecule has 0 aromatic heterocycles. The van der Waals surface area contributed by atoms with E-state index in [1.807, 2.05) is 30.3 Å². The second kappa shape index (κ2) is 9.16. The summed E-state index contributed by atoms with van der Waals surface area (Å²) in [5.74, 6) is -0.0464. The summed E-state index contributed by atoms with van der Waals surface area (Å²) >= 11 is 0. The minimum atomic E-state index is -0.0526. The average molecular weight is 290 g/mol. The van der Waals surface area contributed by atoms with Gasteiger partial charge in [-0.25, -0.2) is 0 Å². The third-order valence-corrected chi connectivity index (χ3v) is 3.56. The molecular weight excluding hydrogens is 264 g/mol. The van der Waals surface area contributed by atoms with Crippen molar-refractivity contribution in [3.8, 4) is 0 Å². The Morgan fingerprint density at radius 3 is 2.33 bits per heavy atom. The second-order valence-electron chi connectivity index (χ2n) is 5.35. The highest BCUT2D eigenvalue weighted by Gasteiger charge is 2.16. The number of nitrogens with zero attached hydrogens (tertiary/aromatic N) is 2. The van der Waals surface area contributed by atoms with Crippen LogP contribution < -0.4 is 0 Å². The molecule has 0 heterocycles. The molecule has 0 saturated carbocycles. The molecule has 1 aromatic carbocycles. The van der Waals surface area contributed by atoms with Crippen LogP contribution in [-0.4, -0.2) is 48.3 Å². The Bertz CT molecular complexity index is 445. The Hall–Kier alpha value is -1.84. The molecule has 0 aliphatic rings. The lowest BCUT2D eigenvalue weighted by molar-refractivity contribution is -0.138. The highest BCUT2D eigenvalue weighted by molar-refractivity contribution is 5.83. The maximum Gasteiger partial charge on any atom is 0.241 e. The summed E-state index contributed by atoms with van der Waals surface area (Å²) in [7, 11) is 1.80. The number of hydrogen-bond acceptors (Lipinski definition) is 2.